The number of sulfone groups is 1. The number of fused-ring (bicyclic) bond motifs is 1. The predicted octanol–water partition coefficient (Wildman–Crippen LogP) is 1.11. The van der Waals surface area contributed by atoms with Crippen LogP contribution in [0.4, 0.5) is 5.69 Å². The number of benzene rings is 1. The van der Waals surface area contributed by atoms with Gasteiger partial charge in [-0.3, -0.25) is 4.79 Å². The van der Waals surface area contributed by atoms with Gasteiger partial charge in [-0.2, -0.15) is 0 Å². The molecule has 0 radical (unpaired) electrons. The summed E-state index contributed by atoms with van der Waals surface area (Å²) in [5, 5.41) is 5.32. The first-order valence-corrected chi connectivity index (χ1v) is 9.11. The third-order valence-corrected chi connectivity index (χ3v) is 6.41. The Kier molecular flexibility index (Phi) is 3.89. The average Bonchev–Trinajstić information content (AvgIpc) is 2.46. The van der Waals surface area contributed by atoms with E-state index in [1.807, 2.05) is 24.3 Å². The zero-order valence-electron chi connectivity index (χ0n) is 11.8. The molecule has 2 aliphatic heterocycles. The van der Waals surface area contributed by atoms with Gasteiger partial charge in [-0.25, -0.2) is 8.42 Å². The molecule has 5 nitrogen and oxygen atoms in total. The highest BCUT2D eigenvalue weighted by Gasteiger charge is 2.35. The highest BCUT2D eigenvalue weighted by molar-refractivity contribution is 7.92. The number of anilines is 1. The second-order valence-electron chi connectivity index (χ2n) is 5.80. The molecule has 1 aromatic rings. The van der Waals surface area contributed by atoms with Crippen molar-refractivity contribution >= 4 is 21.4 Å². The van der Waals surface area contributed by atoms with Crippen molar-refractivity contribution < 1.29 is 13.2 Å². The van der Waals surface area contributed by atoms with Gasteiger partial charge < -0.3 is 10.6 Å². The second-order valence-corrected chi connectivity index (χ2v) is 8.10. The van der Waals surface area contributed by atoms with E-state index in [1.165, 1.54) is 0 Å². The van der Waals surface area contributed by atoms with Crippen LogP contribution in [0.25, 0.3) is 0 Å². The maximum absolute atomic E-state index is 12.3. The Morgan fingerprint density at radius 3 is 2.86 bits per heavy atom. The molecule has 1 amide bonds. The van der Waals surface area contributed by atoms with Gasteiger partial charge in [-0.1, -0.05) is 24.6 Å². The monoisotopic (exact) mass is 308 g/mol. The minimum absolute atomic E-state index is 0.0514. The lowest BCUT2D eigenvalue weighted by Gasteiger charge is -2.29. The van der Waals surface area contributed by atoms with Crippen LogP contribution in [0.1, 0.15) is 24.8 Å². The standard InChI is InChI=1S/C15H20N2O3S/c18-15(14-7-3-4-8-21(14,19)20)17-12-9-11-5-1-2-6-13(11)16-10-12/h1-2,5-6,12,14,16H,3-4,7-10H2,(H,17,18). The summed E-state index contributed by atoms with van der Waals surface area (Å²) in [5.74, 6) is -0.197. The second kappa shape index (κ2) is 5.67. The normalized spacial score (nSPS) is 27.2. The average molecular weight is 308 g/mol. The number of para-hydroxylation sites is 1. The zero-order valence-corrected chi connectivity index (χ0v) is 12.7. The summed E-state index contributed by atoms with van der Waals surface area (Å²) in [4.78, 5) is 12.3. The molecule has 0 aliphatic carbocycles. The van der Waals surface area contributed by atoms with Crippen molar-refractivity contribution in [2.24, 2.45) is 0 Å². The van der Waals surface area contributed by atoms with Gasteiger partial charge in [-0.05, 0) is 30.9 Å². The zero-order chi connectivity index (χ0) is 14.9. The Hall–Kier alpha value is -1.56. The summed E-state index contributed by atoms with van der Waals surface area (Å²) in [6.07, 6.45) is 2.67. The van der Waals surface area contributed by atoms with Gasteiger partial charge in [0.05, 0.1) is 11.8 Å². The van der Waals surface area contributed by atoms with Crippen molar-refractivity contribution in [3.63, 3.8) is 0 Å². The van der Waals surface area contributed by atoms with E-state index in [4.69, 9.17) is 0 Å². The van der Waals surface area contributed by atoms with Gasteiger partial charge in [-0.15, -0.1) is 0 Å². The maximum atomic E-state index is 12.3. The lowest BCUT2D eigenvalue weighted by molar-refractivity contribution is -0.121. The van der Waals surface area contributed by atoms with Gasteiger partial charge in [0.1, 0.15) is 5.25 Å². The molecule has 6 heteroatoms. The topological polar surface area (TPSA) is 75.3 Å². The van der Waals surface area contributed by atoms with E-state index in [1.54, 1.807) is 0 Å². The Morgan fingerprint density at radius 2 is 2.05 bits per heavy atom. The summed E-state index contributed by atoms with van der Waals surface area (Å²) in [6.45, 7) is 0.634. The molecular formula is C15H20N2O3S. The smallest absolute Gasteiger partial charge is 0.238 e. The van der Waals surface area contributed by atoms with Gasteiger partial charge >= 0.3 is 0 Å². The largest absolute Gasteiger partial charge is 0.383 e. The molecule has 114 valence electrons. The molecule has 3 rings (SSSR count). The Morgan fingerprint density at radius 1 is 1.24 bits per heavy atom. The fourth-order valence-corrected chi connectivity index (χ4v) is 4.90. The van der Waals surface area contributed by atoms with Crippen molar-refractivity contribution in [1.82, 2.24) is 5.32 Å². The molecule has 2 aliphatic rings. The summed E-state index contributed by atoms with van der Waals surface area (Å²) < 4.78 is 24.0. The van der Waals surface area contributed by atoms with Gasteiger partial charge in [0.25, 0.3) is 0 Å². The first-order valence-electron chi connectivity index (χ1n) is 7.40. The Bertz CT molecular complexity index is 642. The fraction of sp³-hybridized carbons (Fsp3) is 0.533. The van der Waals surface area contributed by atoms with Crippen molar-refractivity contribution in [2.75, 3.05) is 17.6 Å². The number of carbonyl (C=O) groups is 1. The quantitative estimate of drug-likeness (QED) is 0.858. The van der Waals surface area contributed by atoms with Crippen LogP contribution in [0.2, 0.25) is 0 Å². The molecular weight excluding hydrogens is 288 g/mol. The summed E-state index contributed by atoms with van der Waals surface area (Å²) in [5.41, 5.74) is 2.24. The van der Waals surface area contributed by atoms with Crippen molar-refractivity contribution in [3.05, 3.63) is 29.8 Å². The van der Waals surface area contributed by atoms with E-state index in [0.717, 1.165) is 24.1 Å². The molecule has 21 heavy (non-hydrogen) atoms. The first-order chi connectivity index (χ1) is 10.1. The third-order valence-electron chi connectivity index (χ3n) is 4.24. The summed E-state index contributed by atoms with van der Waals surface area (Å²) in [6, 6.07) is 7.93. The van der Waals surface area contributed by atoms with E-state index in [-0.39, 0.29) is 17.7 Å². The van der Waals surface area contributed by atoms with Crippen LogP contribution < -0.4 is 10.6 Å². The van der Waals surface area contributed by atoms with E-state index in [0.29, 0.717) is 19.4 Å². The van der Waals surface area contributed by atoms with Gasteiger partial charge in [0, 0.05) is 12.2 Å². The minimum atomic E-state index is -3.27. The molecule has 1 saturated heterocycles. The number of hydrogen-bond donors (Lipinski definition) is 2. The summed E-state index contributed by atoms with van der Waals surface area (Å²) in [7, 11) is -3.27. The molecule has 2 unspecified atom stereocenters. The Balaban J connectivity index is 1.66. The SMILES string of the molecule is O=C(NC1CNc2ccccc2C1)C1CCCCS1(=O)=O. The molecule has 1 fully saturated rings. The van der Waals surface area contributed by atoms with Crippen LogP contribution in [0, 0.1) is 0 Å². The number of amides is 1. The first kappa shape index (κ1) is 14.4. The summed E-state index contributed by atoms with van der Waals surface area (Å²) >= 11 is 0. The molecule has 2 heterocycles. The number of carbonyl (C=O) groups excluding carboxylic acids is 1. The fourth-order valence-electron chi connectivity index (χ4n) is 3.09. The number of nitrogens with one attached hydrogen (secondary N) is 2. The molecule has 0 bridgehead atoms. The lowest BCUT2D eigenvalue weighted by atomic mass is 9.99. The highest BCUT2D eigenvalue weighted by Crippen LogP contribution is 2.23. The van der Waals surface area contributed by atoms with Crippen molar-refractivity contribution in [2.45, 2.75) is 37.0 Å². The molecule has 0 spiro atoms. The van der Waals surface area contributed by atoms with Crippen molar-refractivity contribution in [3.8, 4) is 0 Å². The maximum Gasteiger partial charge on any atom is 0.238 e. The van der Waals surface area contributed by atoms with Crippen LogP contribution in [0.5, 0.6) is 0 Å². The van der Waals surface area contributed by atoms with Gasteiger partial charge in [0.15, 0.2) is 9.84 Å². The molecule has 2 N–H and O–H groups in total. The molecule has 1 aromatic carbocycles. The van der Waals surface area contributed by atoms with E-state index < -0.39 is 15.1 Å². The molecule has 0 saturated carbocycles. The predicted molar refractivity (Wildman–Crippen MR) is 82.0 cm³/mol. The highest BCUT2D eigenvalue weighted by atomic mass is 32.2. The van der Waals surface area contributed by atoms with E-state index in [2.05, 4.69) is 10.6 Å². The van der Waals surface area contributed by atoms with Crippen LogP contribution in [-0.4, -0.2) is 37.9 Å². The van der Waals surface area contributed by atoms with E-state index >= 15 is 0 Å². The third kappa shape index (κ3) is 3.05. The lowest BCUT2D eigenvalue weighted by Crippen LogP contribution is -2.50. The number of hydrogen-bond acceptors (Lipinski definition) is 4. The van der Waals surface area contributed by atoms with Crippen LogP contribution in [0.15, 0.2) is 24.3 Å². The molecule has 0 aromatic heterocycles. The number of rotatable bonds is 2. The van der Waals surface area contributed by atoms with Crippen LogP contribution in [-0.2, 0) is 21.1 Å². The van der Waals surface area contributed by atoms with E-state index in [9.17, 15) is 13.2 Å². The van der Waals surface area contributed by atoms with Gasteiger partial charge in [0.2, 0.25) is 5.91 Å². The van der Waals surface area contributed by atoms with Crippen LogP contribution >= 0.6 is 0 Å². The minimum Gasteiger partial charge on any atom is -0.383 e. The molecule has 2 atom stereocenters. The van der Waals surface area contributed by atoms with Crippen LogP contribution in [0.3, 0.4) is 0 Å². The Labute approximate surface area is 125 Å². The van der Waals surface area contributed by atoms with Crippen molar-refractivity contribution in [1.29, 1.82) is 0 Å².